The average Bonchev–Trinajstić information content (AvgIpc) is 2.34. The highest BCUT2D eigenvalue weighted by atomic mass is 32.2. The second kappa shape index (κ2) is 6.54. The lowest BCUT2D eigenvalue weighted by Crippen LogP contribution is -2.35. The molecule has 1 N–H and O–H groups in total. The first-order valence-electron chi connectivity index (χ1n) is 6.83. The summed E-state index contributed by atoms with van der Waals surface area (Å²) >= 11 is 0. The normalized spacial score (nSPS) is 12.7. The van der Waals surface area contributed by atoms with E-state index >= 15 is 0 Å². The SMILES string of the molecule is CCCNc1ncccc1S(=O)(=O)N(C)CC(C)(C)C. The molecule has 0 fully saturated rings. The van der Waals surface area contributed by atoms with Crippen molar-refractivity contribution < 1.29 is 8.42 Å². The molecular weight excluding hydrogens is 274 g/mol. The maximum absolute atomic E-state index is 12.6. The molecule has 1 aromatic heterocycles. The topological polar surface area (TPSA) is 62.3 Å². The van der Waals surface area contributed by atoms with Crippen molar-refractivity contribution in [3.63, 3.8) is 0 Å². The first kappa shape index (κ1) is 16.9. The Labute approximate surface area is 122 Å². The van der Waals surface area contributed by atoms with Gasteiger partial charge in [0.2, 0.25) is 10.0 Å². The van der Waals surface area contributed by atoms with Gasteiger partial charge in [-0.2, -0.15) is 0 Å². The van der Waals surface area contributed by atoms with Crippen LogP contribution < -0.4 is 5.32 Å². The number of hydrogen-bond acceptors (Lipinski definition) is 4. The third-order valence-corrected chi connectivity index (χ3v) is 4.53. The van der Waals surface area contributed by atoms with Crippen molar-refractivity contribution in [2.75, 3.05) is 25.5 Å². The van der Waals surface area contributed by atoms with Gasteiger partial charge in [-0.25, -0.2) is 17.7 Å². The summed E-state index contributed by atoms with van der Waals surface area (Å²) in [5.41, 5.74) is -0.0962. The zero-order chi connectivity index (χ0) is 15.4. The minimum atomic E-state index is -3.52. The second-order valence-electron chi connectivity index (χ2n) is 6.10. The van der Waals surface area contributed by atoms with Crippen molar-refractivity contribution in [2.45, 2.75) is 39.0 Å². The first-order valence-corrected chi connectivity index (χ1v) is 8.27. The molecule has 0 aromatic carbocycles. The molecule has 6 heteroatoms. The first-order chi connectivity index (χ1) is 9.18. The largest absolute Gasteiger partial charge is 0.369 e. The van der Waals surface area contributed by atoms with E-state index in [2.05, 4.69) is 10.3 Å². The van der Waals surface area contributed by atoms with Crippen molar-refractivity contribution in [3.8, 4) is 0 Å². The van der Waals surface area contributed by atoms with E-state index in [1.165, 1.54) is 4.31 Å². The maximum Gasteiger partial charge on any atom is 0.246 e. The predicted octanol–water partition coefficient (Wildman–Crippen LogP) is 2.57. The van der Waals surface area contributed by atoms with Crippen molar-refractivity contribution in [1.82, 2.24) is 9.29 Å². The Kier molecular flexibility index (Phi) is 5.53. The van der Waals surface area contributed by atoms with Gasteiger partial charge in [0.15, 0.2) is 0 Å². The van der Waals surface area contributed by atoms with E-state index < -0.39 is 10.0 Å². The van der Waals surface area contributed by atoms with Crippen LogP contribution in [0.5, 0.6) is 0 Å². The fourth-order valence-corrected chi connectivity index (χ4v) is 3.41. The van der Waals surface area contributed by atoms with Gasteiger partial charge in [0, 0.05) is 26.3 Å². The standard InChI is InChI=1S/C14H25N3O2S/c1-6-9-15-13-12(8-7-10-16-13)20(18,19)17(5)11-14(2,3)4/h7-8,10H,6,9,11H2,1-5H3,(H,15,16). The van der Waals surface area contributed by atoms with E-state index in [0.717, 1.165) is 6.42 Å². The summed E-state index contributed by atoms with van der Waals surface area (Å²) in [6, 6.07) is 3.24. The van der Waals surface area contributed by atoms with E-state index in [9.17, 15) is 8.42 Å². The van der Waals surface area contributed by atoms with Crippen molar-refractivity contribution >= 4 is 15.8 Å². The van der Waals surface area contributed by atoms with Crippen LogP contribution in [0.25, 0.3) is 0 Å². The number of nitrogens with one attached hydrogen (secondary N) is 1. The van der Waals surface area contributed by atoms with Gasteiger partial charge < -0.3 is 5.32 Å². The summed E-state index contributed by atoms with van der Waals surface area (Å²) in [5, 5.41) is 3.07. The molecule has 0 bridgehead atoms. The zero-order valence-corrected chi connectivity index (χ0v) is 13.8. The van der Waals surface area contributed by atoms with E-state index in [-0.39, 0.29) is 10.3 Å². The fraction of sp³-hybridized carbons (Fsp3) is 0.643. The van der Waals surface area contributed by atoms with Crippen molar-refractivity contribution in [1.29, 1.82) is 0 Å². The highest BCUT2D eigenvalue weighted by Gasteiger charge is 2.27. The van der Waals surface area contributed by atoms with Crippen LogP contribution in [-0.2, 0) is 10.0 Å². The van der Waals surface area contributed by atoms with E-state index in [1.54, 1.807) is 25.4 Å². The van der Waals surface area contributed by atoms with Crippen LogP contribution in [0.15, 0.2) is 23.2 Å². The summed E-state index contributed by atoms with van der Waals surface area (Å²) < 4.78 is 26.7. The Morgan fingerprint density at radius 2 is 2.00 bits per heavy atom. The van der Waals surface area contributed by atoms with Crippen LogP contribution in [0.4, 0.5) is 5.82 Å². The van der Waals surface area contributed by atoms with Gasteiger partial charge in [-0.15, -0.1) is 0 Å². The van der Waals surface area contributed by atoms with Crippen LogP contribution in [0.3, 0.4) is 0 Å². The Hall–Kier alpha value is -1.14. The van der Waals surface area contributed by atoms with E-state index in [0.29, 0.717) is 18.9 Å². The quantitative estimate of drug-likeness (QED) is 0.877. The highest BCUT2D eigenvalue weighted by molar-refractivity contribution is 7.89. The number of pyridine rings is 1. The van der Waals surface area contributed by atoms with Gasteiger partial charge in [0.1, 0.15) is 10.7 Å². The van der Waals surface area contributed by atoms with Gasteiger partial charge in [-0.3, -0.25) is 0 Å². The Morgan fingerprint density at radius 3 is 2.55 bits per heavy atom. The van der Waals surface area contributed by atoms with E-state index in [4.69, 9.17) is 0 Å². The number of sulfonamides is 1. The molecule has 1 heterocycles. The molecule has 0 aliphatic rings. The number of rotatable bonds is 6. The van der Waals surface area contributed by atoms with Gasteiger partial charge in [-0.1, -0.05) is 27.7 Å². The van der Waals surface area contributed by atoms with Crippen molar-refractivity contribution in [2.24, 2.45) is 5.41 Å². The summed E-state index contributed by atoms with van der Waals surface area (Å²) in [6.07, 6.45) is 2.51. The molecule has 0 aliphatic heterocycles. The Morgan fingerprint density at radius 1 is 1.35 bits per heavy atom. The molecule has 1 aromatic rings. The summed E-state index contributed by atoms with van der Waals surface area (Å²) in [5.74, 6) is 0.426. The molecule has 0 atom stereocenters. The summed E-state index contributed by atoms with van der Waals surface area (Å²) in [6.45, 7) is 9.21. The number of aromatic nitrogens is 1. The monoisotopic (exact) mass is 299 g/mol. The van der Waals surface area contributed by atoms with Gasteiger partial charge in [0.05, 0.1) is 0 Å². The zero-order valence-electron chi connectivity index (χ0n) is 13.0. The molecule has 20 heavy (non-hydrogen) atoms. The van der Waals surface area contributed by atoms with Gasteiger partial charge in [-0.05, 0) is 24.0 Å². The number of anilines is 1. The lowest BCUT2D eigenvalue weighted by atomic mass is 9.97. The molecule has 0 saturated heterocycles. The molecule has 5 nitrogen and oxygen atoms in total. The highest BCUT2D eigenvalue weighted by Crippen LogP contribution is 2.24. The molecule has 0 amide bonds. The average molecular weight is 299 g/mol. The molecule has 0 radical (unpaired) electrons. The summed E-state index contributed by atoms with van der Waals surface area (Å²) in [4.78, 5) is 4.38. The fourth-order valence-electron chi connectivity index (χ4n) is 1.90. The minimum Gasteiger partial charge on any atom is -0.369 e. The van der Waals surface area contributed by atoms with Crippen LogP contribution in [-0.4, -0.2) is 37.8 Å². The lowest BCUT2D eigenvalue weighted by Gasteiger charge is -2.26. The molecular formula is C14H25N3O2S. The number of nitrogens with zero attached hydrogens (tertiary/aromatic N) is 2. The molecule has 114 valence electrons. The van der Waals surface area contributed by atoms with Crippen LogP contribution in [0.1, 0.15) is 34.1 Å². The van der Waals surface area contributed by atoms with Crippen LogP contribution in [0, 0.1) is 5.41 Å². The van der Waals surface area contributed by atoms with E-state index in [1.807, 2.05) is 27.7 Å². The molecule has 0 unspecified atom stereocenters. The third kappa shape index (κ3) is 4.45. The Bertz CT molecular complexity index is 536. The van der Waals surface area contributed by atoms with Gasteiger partial charge >= 0.3 is 0 Å². The maximum atomic E-state index is 12.6. The summed E-state index contributed by atoms with van der Waals surface area (Å²) in [7, 11) is -1.92. The molecule has 0 spiro atoms. The van der Waals surface area contributed by atoms with Gasteiger partial charge in [0.25, 0.3) is 0 Å². The number of hydrogen-bond donors (Lipinski definition) is 1. The predicted molar refractivity (Wildman–Crippen MR) is 82.3 cm³/mol. The molecule has 0 aliphatic carbocycles. The molecule has 0 saturated carbocycles. The Balaban J connectivity index is 3.09. The smallest absolute Gasteiger partial charge is 0.246 e. The lowest BCUT2D eigenvalue weighted by molar-refractivity contribution is 0.311. The minimum absolute atomic E-state index is 0.0962. The van der Waals surface area contributed by atoms with Crippen molar-refractivity contribution in [3.05, 3.63) is 18.3 Å². The van der Waals surface area contributed by atoms with Crippen LogP contribution >= 0.6 is 0 Å². The van der Waals surface area contributed by atoms with Crippen LogP contribution in [0.2, 0.25) is 0 Å². The second-order valence-corrected chi connectivity index (χ2v) is 8.11. The molecule has 1 rings (SSSR count). The third-order valence-electron chi connectivity index (χ3n) is 2.70.